The second-order valence-electron chi connectivity index (χ2n) is 3.19. The van der Waals surface area contributed by atoms with Crippen molar-refractivity contribution in [2.24, 2.45) is 0 Å². The van der Waals surface area contributed by atoms with E-state index in [0.717, 1.165) is 6.54 Å². The lowest BCUT2D eigenvalue weighted by Gasteiger charge is -2.07. The number of nitrogens with zero attached hydrogens (tertiary/aromatic N) is 2. The van der Waals surface area contributed by atoms with Crippen LogP contribution in [0.15, 0.2) is 24.4 Å². The van der Waals surface area contributed by atoms with E-state index in [0.29, 0.717) is 12.1 Å². The molecule has 0 N–H and O–H groups in total. The summed E-state index contributed by atoms with van der Waals surface area (Å²) in [5.41, 5.74) is 0.560. The smallest absolute Gasteiger partial charge is 0.182 e. The third kappa shape index (κ3) is 4.35. The van der Waals surface area contributed by atoms with E-state index in [1.165, 1.54) is 0 Å². The van der Waals surface area contributed by atoms with Crippen molar-refractivity contribution in [3.8, 4) is 0 Å². The first-order chi connectivity index (χ1) is 6.20. The fourth-order valence-corrected chi connectivity index (χ4v) is 0.981. The molecule has 0 amide bonds. The van der Waals surface area contributed by atoms with Crippen LogP contribution in [0.4, 0.5) is 0 Å². The standard InChI is InChI=1S/C10H14N2O.ClH/c1-12(2)8-6-10(13)9-5-3-4-7-11-9;/h3-5,7H,6,8H2,1-2H3;1H. The van der Waals surface area contributed by atoms with Crippen LogP contribution in [0.3, 0.4) is 0 Å². The third-order valence-corrected chi connectivity index (χ3v) is 1.74. The van der Waals surface area contributed by atoms with Crippen LogP contribution in [0.25, 0.3) is 0 Å². The Balaban J connectivity index is 0.00000169. The van der Waals surface area contributed by atoms with Gasteiger partial charge in [0.05, 0.1) is 0 Å². The molecule has 0 spiro atoms. The molecule has 0 bridgehead atoms. The Morgan fingerprint density at radius 1 is 1.43 bits per heavy atom. The fraction of sp³-hybridized carbons (Fsp3) is 0.400. The second kappa shape index (κ2) is 6.51. The number of rotatable bonds is 4. The van der Waals surface area contributed by atoms with Crippen LogP contribution in [0, 0.1) is 0 Å². The molecule has 1 heterocycles. The normalized spacial score (nSPS) is 9.64. The molecule has 1 aromatic heterocycles. The Labute approximate surface area is 90.6 Å². The molecule has 3 nitrogen and oxygen atoms in total. The van der Waals surface area contributed by atoms with Crippen molar-refractivity contribution in [1.82, 2.24) is 9.88 Å². The topological polar surface area (TPSA) is 33.2 Å². The maximum Gasteiger partial charge on any atom is 0.182 e. The Morgan fingerprint density at radius 3 is 2.64 bits per heavy atom. The monoisotopic (exact) mass is 214 g/mol. The SMILES string of the molecule is CN(C)CCC(=O)c1ccccn1.Cl. The Hall–Kier alpha value is -0.930. The zero-order valence-corrected chi connectivity index (χ0v) is 9.25. The van der Waals surface area contributed by atoms with Crippen molar-refractivity contribution in [3.63, 3.8) is 0 Å². The molecular formula is C10H15ClN2O. The van der Waals surface area contributed by atoms with Crippen LogP contribution in [0.1, 0.15) is 16.9 Å². The van der Waals surface area contributed by atoms with Crippen molar-refractivity contribution in [1.29, 1.82) is 0 Å². The number of hydrogen-bond donors (Lipinski definition) is 0. The quantitative estimate of drug-likeness (QED) is 0.715. The van der Waals surface area contributed by atoms with Gasteiger partial charge in [0.2, 0.25) is 0 Å². The van der Waals surface area contributed by atoms with E-state index in [1.807, 2.05) is 31.1 Å². The van der Waals surface area contributed by atoms with Crippen molar-refractivity contribution in [2.45, 2.75) is 6.42 Å². The zero-order valence-electron chi connectivity index (χ0n) is 8.43. The molecule has 0 aromatic carbocycles. The van der Waals surface area contributed by atoms with Gasteiger partial charge in [-0.1, -0.05) is 6.07 Å². The van der Waals surface area contributed by atoms with Crippen LogP contribution in [-0.2, 0) is 0 Å². The highest BCUT2D eigenvalue weighted by atomic mass is 35.5. The highest BCUT2D eigenvalue weighted by Crippen LogP contribution is 1.98. The van der Waals surface area contributed by atoms with E-state index < -0.39 is 0 Å². The molecule has 0 unspecified atom stereocenters. The largest absolute Gasteiger partial charge is 0.309 e. The fourth-order valence-electron chi connectivity index (χ4n) is 0.981. The summed E-state index contributed by atoms with van der Waals surface area (Å²) >= 11 is 0. The van der Waals surface area contributed by atoms with Gasteiger partial charge in [-0.25, -0.2) is 0 Å². The maximum absolute atomic E-state index is 11.5. The predicted molar refractivity (Wildman–Crippen MR) is 59.0 cm³/mol. The molecule has 0 radical (unpaired) electrons. The number of Topliss-reactive ketones (excluding diaryl/α,β-unsaturated/α-hetero) is 1. The number of carbonyl (C=O) groups is 1. The summed E-state index contributed by atoms with van der Waals surface area (Å²) in [6.07, 6.45) is 2.17. The van der Waals surface area contributed by atoms with Gasteiger partial charge in [0, 0.05) is 19.2 Å². The van der Waals surface area contributed by atoms with E-state index in [1.54, 1.807) is 12.3 Å². The summed E-state index contributed by atoms with van der Waals surface area (Å²) < 4.78 is 0. The molecule has 0 aliphatic rings. The number of ketones is 1. The third-order valence-electron chi connectivity index (χ3n) is 1.74. The Morgan fingerprint density at radius 2 is 2.14 bits per heavy atom. The Kier molecular flexibility index (Phi) is 6.08. The average molecular weight is 215 g/mol. The van der Waals surface area contributed by atoms with Crippen molar-refractivity contribution in [3.05, 3.63) is 30.1 Å². The maximum atomic E-state index is 11.5. The number of halogens is 1. The van der Waals surface area contributed by atoms with Gasteiger partial charge in [0.1, 0.15) is 5.69 Å². The summed E-state index contributed by atoms with van der Waals surface area (Å²) in [5, 5.41) is 0. The van der Waals surface area contributed by atoms with E-state index in [9.17, 15) is 4.79 Å². The molecule has 0 atom stereocenters. The number of aromatic nitrogens is 1. The van der Waals surface area contributed by atoms with Crippen molar-refractivity contribution < 1.29 is 4.79 Å². The van der Waals surface area contributed by atoms with Crippen molar-refractivity contribution >= 4 is 18.2 Å². The van der Waals surface area contributed by atoms with Gasteiger partial charge in [-0.2, -0.15) is 0 Å². The summed E-state index contributed by atoms with van der Waals surface area (Å²) in [5.74, 6) is 0.106. The van der Waals surface area contributed by atoms with Gasteiger partial charge < -0.3 is 4.90 Å². The summed E-state index contributed by atoms with van der Waals surface area (Å²) in [6.45, 7) is 0.773. The summed E-state index contributed by atoms with van der Waals surface area (Å²) in [7, 11) is 3.90. The van der Waals surface area contributed by atoms with E-state index in [2.05, 4.69) is 4.98 Å². The first-order valence-electron chi connectivity index (χ1n) is 4.29. The molecule has 0 saturated carbocycles. The number of carbonyl (C=O) groups excluding carboxylic acids is 1. The van der Waals surface area contributed by atoms with Crippen LogP contribution in [-0.4, -0.2) is 36.3 Å². The van der Waals surface area contributed by atoms with Gasteiger partial charge >= 0.3 is 0 Å². The van der Waals surface area contributed by atoms with Gasteiger partial charge in [-0.05, 0) is 26.2 Å². The van der Waals surface area contributed by atoms with Crippen LogP contribution in [0.2, 0.25) is 0 Å². The second-order valence-corrected chi connectivity index (χ2v) is 3.19. The molecule has 78 valence electrons. The molecular weight excluding hydrogens is 200 g/mol. The highest BCUT2D eigenvalue weighted by Gasteiger charge is 2.05. The van der Waals surface area contributed by atoms with Crippen LogP contribution >= 0.6 is 12.4 Å². The number of hydrogen-bond acceptors (Lipinski definition) is 3. The lowest BCUT2D eigenvalue weighted by atomic mass is 10.2. The number of pyridine rings is 1. The van der Waals surface area contributed by atoms with Gasteiger partial charge in [0.15, 0.2) is 5.78 Å². The molecule has 1 aromatic rings. The molecule has 1 rings (SSSR count). The first-order valence-corrected chi connectivity index (χ1v) is 4.29. The summed E-state index contributed by atoms with van der Waals surface area (Å²) in [4.78, 5) is 17.4. The van der Waals surface area contributed by atoms with Gasteiger partial charge in [-0.3, -0.25) is 9.78 Å². The molecule has 0 fully saturated rings. The van der Waals surface area contributed by atoms with Gasteiger partial charge in [0.25, 0.3) is 0 Å². The minimum absolute atomic E-state index is 0. The minimum Gasteiger partial charge on any atom is -0.309 e. The van der Waals surface area contributed by atoms with E-state index in [-0.39, 0.29) is 18.2 Å². The molecule has 0 saturated heterocycles. The lowest BCUT2D eigenvalue weighted by Crippen LogP contribution is -2.17. The highest BCUT2D eigenvalue weighted by molar-refractivity contribution is 5.94. The summed E-state index contributed by atoms with van der Waals surface area (Å²) in [6, 6.07) is 5.39. The minimum atomic E-state index is 0. The molecule has 4 heteroatoms. The Bertz CT molecular complexity index is 275. The molecule has 0 aliphatic heterocycles. The van der Waals surface area contributed by atoms with Crippen molar-refractivity contribution in [2.75, 3.05) is 20.6 Å². The predicted octanol–water partition coefficient (Wildman–Crippen LogP) is 1.64. The lowest BCUT2D eigenvalue weighted by molar-refractivity contribution is 0.0968. The van der Waals surface area contributed by atoms with Gasteiger partial charge in [-0.15, -0.1) is 12.4 Å². The van der Waals surface area contributed by atoms with Crippen LogP contribution < -0.4 is 0 Å². The van der Waals surface area contributed by atoms with E-state index in [4.69, 9.17) is 0 Å². The van der Waals surface area contributed by atoms with Crippen LogP contribution in [0.5, 0.6) is 0 Å². The first kappa shape index (κ1) is 13.1. The average Bonchev–Trinajstić information content (AvgIpc) is 2.15. The zero-order chi connectivity index (χ0) is 9.68. The molecule has 14 heavy (non-hydrogen) atoms. The van der Waals surface area contributed by atoms with E-state index >= 15 is 0 Å². The molecule has 0 aliphatic carbocycles.